The summed E-state index contributed by atoms with van der Waals surface area (Å²) < 4.78 is 1.59. The molecule has 12 nitrogen and oxygen atoms in total. The summed E-state index contributed by atoms with van der Waals surface area (Å²) >= 11 is 0. The van der Waals surface area contributed by atoms with Gasteiger partial charge in [0.25, 0.3) is 5.62 Å². The number of aromatic nitrogens is 6. The zero-order chi connectivity index (χ0) is 23.9. The Morgan fingerprint density at radius 1 is 1.09 bits per heavy atom. The molecule has 3 aromatic rings. The fourth-order valence-corrected chi connectivity index (χ4v) is 4.70. The second kappa shape index (κ2) is 8.82. The van der Waals surface area contributed by atoms with E-state index in [1.807, 2.05) is 0 Å². The molecule has 0 saturated heterocycles. The van der Waals surface area contributed by atoms with Gasteiger partial charge in [-0.2, -0.15) is 19.6 Å². The Balaban J connectivity index is 1.23. The summed E-state index contributed by atoms with van der Waals surface area (Å²) in [7, 11) is 0. The van der Waals surface area contributed by atoms with E-state index in [1.165, 1.54) is 0 Å². The predicted molar refractivity (Wildman–Crippen MR) is 126 cm³/mol. The maximum absolute atomic E-state index is 12.3. The summed E-state index contributed by atoms with van der Waals surface area (Å²) in [6, 6.07) is 0.679. The molecule has 184 valence electrons. The molecule has 0 aliphatic heterocycles. The molecule has 6 rings (SSSR count). The Morgan fingerprint density at radius 2 is 1.86 bits per heavy atom. The zero-order valence-electron chi connectivity index (χ0n) is 19.3. The van der Waals surface area contributed by atoms with Gasteiger partial charge < -0.3 is 20.7 Å². The molecular formula is C23H29N9O3. The van der Waals surface area contributed by atoms with Gasteiger partial charge in [0, 0.05) is 23.2 Å². The lowest BCUT2D eigenvalue weighted by Gasteiger charge is -2.32. The number of amides is 1. The van der Waals surface area contributed by atoms with Crippen molar-refractivity contribution in [3.05, 3.63) is 33.2 Å². The number of H-pyrrole nitrogens is 2. The number of anilines is 1. The van der Waals surface area contributed by atoms with Crippen molar-refractivity contribution in [2.24, 2.45) is 10.9 Å². The first-order valence-electron chi connectivity index (χ1n) is 12.4. The number of carbonyl (C=O) groups is 1. The van der Waals surface area contributed by atoms with Crippen LogP contribution in [0.3, 0.4) is 0 Å². The van der Waals surface area contributed by atoms with Crippen LogP contribution in [0.4, 0.5) is 5.95 Å². The minimum atomic E-state index is -0.494. The molecule has 5 N–H and O–H groups in total. The highest BCUT2D eigenvalue weighted by molar-refractivity contribution is 5.79. The maximum Gasteiger partial charge on any atom is 0.326 e. The fourth-order valence-electron chi connectivity index (χ4n) is 4.70. The highest BCUT2D eigenvalue weighted by atomic mass is 16.3. The van der Waals surface area contributed by atoms with Gasteiger partial charge in [0.15, 0.2) is 5.65 Å². The molecule has 3 fully saturated rings. The monoisotopic (exact) mass is 479 g/mol. The highest BCUT2D eigenvalue weighted by Crippen LogP contribution is 2.28. The Hall–Kier alpha value is -3.70. The molecule has 0 aromatic carbocycles. The van der Waals surface area contributed by atoms with E-state index in [0.29, 0.717) is 22.4 Å². The number of hydrogen-bond acceptors (Lipinski definition) is 8. The lowest BCUT2D eigenvalue weighted by molar-refractivity contribution is -0.128. The van der Waals surface area contributed by atoms with Crippen LogP contribution in [0, 0.1) is 5.92 Å². The van der Waals surface area contributed by atoms with Crippen LogP contribution in [-0.4, -0.2) is 58.7 Å². The van der Waals surface area contributed by atoms with Gasteiger partial charge in [0.2, 0.25) is 17.7 Å². The molecule has 3 aromatic heterocycles. The number of nitrogens with one attached hydrogen (secondary N) is 4. The summed E-state index contributed by atoms with van der Waals surface area (Å²) in [4.78, 5) is 42.7. The zero-order valence-corrected chi connectivity index (χ0v) is 19.3. The number of aromatic hydroxyl groups is 1. The summed E-state index contributed by atoms with van der Waals surface area (Å²) in [5, 5.41) is 21.6. The fraction of sp³-hybridized carbons (Fsp3) is 0.565. The number of carbonyl (C=O) groups excluding carboxylic acids is 1. The lowest BCUT2D eigenvalue weighted by Crippen LogP contribution is -2.44. The minimum absolute atomic E-state index is 0.198. The summed E-state index contributed by atoms with van der Waals surface area (Å²) in [5.41, 5.74) is 0.768. The standard InChI is InChI=1S/C23H29N9O3/c33-19(12-2-1-3-12)25-14-4-6-15(7-5-14)26-21-29-18-13(10-17-20(34)30-23(35)28-17)11-24-32(18)22(31-21)27-16-8-9-16/h10-12,14-16,34H,1-9H2,(H,25,33)(H,26,27,31)(H2,28,30,35)/b13-10-. The second-order valence-electron chi connectivity index (χ2n) is 9.86. The van der Waals surface area contributed by atoms with Crippen molar-refractivity contribution in [2.75, 3.05) is 5.32 Å². The van der Waals surface area contributed by atoms with Crippen molar-refractivity contribution >= 4 is 23.6 Å². The van der Waals surface area contributed by atoms with E-state index in [0.717, 1.165) is 57.8 Å². The van der Waals surface area contributed by atoms with E-state index >= 15 is 0 Å². The molecule has 0 bridgehead atoms. The van der Waals surface area contributed by atoms with Gasteiger partial charge in [-0.3, -0.25) is 9.78 Å². The number of fused-ring (bicyclic) bond motifs is 1. The van der Waals surface area contributed by atoms with E-state index in [9.17, 15) is 14.7 Å². The van der Waals surface area contributed by atoms with Crippen LogP contribution in [0.15, 0.2) is 16.0 Å². The number of imidazole rings is 1. The van der Waals surface area contributed by atoms with Crippen LogP contribution in [-0.2, 0) is 4.79 Å². The van der Waals surface area contributed by atoms with E-state index in [1.54, 1.807) is 16.8 Å². The van der Waals surface area contributed by atoms with Crippen molar-refractivity contribution in [1.29, 1.82) is 0 Å². The molecule has 3 heterocycles. The minimum Gasteiger partial charge on any atom is -0.493 e. The molecule has 35 heavy (non-hydrogen) atoms. The predicted octanol–water partition coefficient (Wildman–Crippen LogP) is 0.0965. The Kier molecular flexibility index (Phi) is 5.50. The molecule has 12 heteroatoms. The van der Waals surface area contributed by atoms with Gasteiger partial charge in [-0.25, -0.2) is 9.79 Å². The van der Waals surface area contributed by atoms with Crippen LogP contribution >= 0.6 is 0 Å². The smallest absolute Gasteiger partial charge is 0.326 e. The summed E-state index contributed by atoms with van der Waals surface area (Å²) in [5.74, 6) is 0.658. The quantitative estimate of drug-likeness (QED) is 0.334. The van der Waals surface area contributed by atoms with Crippen LogP contribution < -0.4 is 27.2 Å². The van der Waals surface area contributed by atoms with Gasteiger partial charge in [0.1, 0.15) is 5.69 Å². The molecule has 0 spiro atoms. The molecule has 0 unspecified atom stereocenters. The number of aromatic amines is 2. The first-order valence-corrected chi connectivity index (χ1v) is 12.4. The summed E-state index contributed by atoms with van der Waals surface area (Å²) in [6.45, 7) is 0. The third-order valence-corrected chi connectivity index (χ3v) is 7.14. The van der Waals surface area contributed by atoms with Gasteiger partial charge in [-0.05, 0) is 57.4 Å². The first kappa shape index (κ1) is 21.8. The van der Waals surface area contributed by atoms with Gasteiger partial charge in [-0.1, -0.05) is 6.42 Å². The third-order valence-electron chi connectivity index (χ3n) is 7.14. The second-order valence-corrected chi connectivity index (χ2v) is 9.86. The van der Waals surface area contributed by atoms with Crippen LogP contribution in [0.5, 0.6) is 5.88 Å². The molecule has 3 aliphatic rings. The molecular weight excluding hydrogens is 450 g/mol. The highest BCUT2D eigenvalue weighted by Gasteiger charge is 2.29. The van der Waals surface area contributed by atoms with Gasteiger partial charge in [0.05, 0.1) is 12.2 Å². The lowest BCUT2D eigenvalue weighted by atomic mass is 9.84. The molecule has 1 amide bonds. The van der Waals surface area contributed by atoms with Crippen LogP contribution in [0.1, 0.15) is 63.5 Å². The average Bonchev–Trinajstić information content (AvgIpc) is 3.42. The first-order chi connectivity index (χ1) is 17.0. The normalized spacial score (nSPS) is 24.0. The SMILES string of the molecule is O=C(NC1CCC(Nc2nc(=NC3CC3)n3nc/c(=C/c4[nH]c(=O)[nH]c4O)c3n2)CC1)C1CCC1. The van der Waals surface area contributed by atoms with E-state index in [4.69, 9.17) is 9.98 Å². The molecule has 0 radical (unpaired) electrons. The van der Waals surface area contributed by atoms with Gasteiger partial charge in [-0.15, -0.1) is 0 Å². The largest absolute Gasteiger partial charge is 0.493 e. The van der Waals surface area contributed by atoms with E-state index < -0.39 is 5.69 Å². The maximum atomic E-state index is 12.3. The van der Waals surface area contributed by atoms with Crippen LogP contribution in [0.2, 0.25) is 0 Å². The molecule has 3 aliphatic carbocycles. The molecule has 3 saturated carbocycles. The van der Waals surface area contributed by atoms with Crippen molar-refractivity contribution in [1.82, 2.24) is 34.9 Å². The topological polar surface area (TPSA) is 165 Å². The van der Waals surface area contributed by atoms with E-state index in [-0.39, 0.29) is 41.5 Å². The summed E-state index contributed by atoms with van der Waals surface area (Å²) in [6.07, 6.45) is 12.2. The Labute approximate surface area is 200 Å². The third kappa shape index (κ3) is 4.64. The van der Waals surface area contributed by atoms with Crippen molar-refractivity contribution < 1.29 is 9.90 Å². The van der Waals surface area contributed by atoms with Crippen molar-refractivity contribution in [2.45, 2.75) is 75.9 Å². The average molecular weight is 480 g/mol. The Morgan fingerprint density at radius 3 is 2.51 bits per heavy atom. The van der Waals surface area contributed by atoms with Crippen molar-refractivity contribution in [3.8, 4) is 5.88 Å². The van der Waals surface area contributed by atoms with Gasteiger partial charge >= 0.3 is 5.69 Å². The number of rotatable bonds is 6. The molecule has 0 atom stereocenters. The number of nitrogens with zero attached hydrogens (tertiary/aromatic N) is 5. The number of hydrogen-bond donors (Lipinski definition) is 5. The van der Waals surface area contributed by atoms with Crippen molar-refractivity contribution in [3.63, 3.8) is 0 Å². The van der Waals surface area contributed by atoms with Crippen LogP contribution in [0.25, 0.3) is 11.7 Å². The van der Waals surface area contributed by atoms with E-state index in [2.05, 4.69) is 30.7 Å². The Bertz CT molecular complexity index is 1420.